The van der Waals surface area contributed by atoms with Crippen LogP contribution in [0.3, 0.4) is 0 Å². The van der Waals surface area contributed by atoms with Crippen LogP contribution in [0.4, 0.5) is 0 Å². The molecule has 0 fully saturated rings. The van der Waals surface area contributed by atoms with E-state index in [1.807, 2.05) is 0 Å². The highest BCUT2D eigenvalue weighted by molar-refractivity contribution is 7.98. The number of aryl methyl sites for hydroxylation is 1. The van der Waals surface area contributed by atoms with E-state index in [1.165, 1.54) is 22.4 Å². The Morgan fingerprint density at radius 3 is 2.71 bits per heavy atom. The summed E-state index contributed by atoms with van der Waals surface area (Å²) in [4.78, 5) is 1.35. The average molecular weight is 209 g/mol. The van der Waals surface area contributed by atoms with Crippen molar-refractivity contribution in [2.45, 2.75) is 31.7 Å². The molecule has 0 aliphatic heterocycles. The van der Waals surface area contributed by atoms with E-state index in [4.69, 9.17) is 0 Å². The van der Waals surface area contributed by atoms with E-state index in [0.717, 1.165) is 13.1 Å². The van der Waals surface area contributed by atoms with Crippen LogP contribution in [0.25, 0.3) is 0 Å². The summed E-state index contributed by atoms with van der Waals surface area (Å²) in [5.74, 6) is 0. The molecule has 0 aliphatic rings. The summed E-state index contributed by atoms with van der Waals surface area (Å²) < 4.78 is 0. The van der Waals surface area contributed by atoms with Crippen molar-refractivity contribution in [1.82, 2.24) is 5.32 Å². The summed E-state index contributed by atoms with van der Waals surface area (Å²) in [5.41, 5.74) is 2.80. The van der Waals surface area contributed by atoms with Gasteiger partial charge in [-0.15, -0.1) is 11.8 Å². The fraction of sp³-hybridized carbons (Fsp3) is 0.500. The lowest BCUT2D eigenvalue weighted by Crippen LogP contribution is -2.14. The van der Waals surface area contributed by atoms with Gasteiger partial charge < -0.3 is 5.32 Å². The normalized spacial score (nSPS) is 10.5. The quantitative estimate of drug-likeness (QED) is 0.590. The molecule has 14 heavy (non-hydrogen) atoms. The number of hydrogen-bond acceptors (Lipinski definition) is 2. The zero-order valence-electron chi connectivity index (χ0n) is 9.26. The third-order valence-corrected chi connectivity index (χ3v) is 3.02. The topological polar surface area (TPSA) is 12.0 Å². The van der Waals surface area contributed by atoms with Gasteiger partial charge in [-0.1, -0.05) is 13.0 Å². The van der Waals surface area contributed by atoms with Gasteiger partial charge in [-0.05, 0) is 49.4 Å². The summed E-state index contributed by atoms with van der Waals surface area (Å²) in [6, 6.07) is 6.68. The van der Waals surface area contributed by atoms with Crippen LogP contribution in [-0.2, 0) is 6.54 Å². The molecule has 0 bridgehead atoms. The number of benzene rings is 1. The molecule has 0 amide bonds. The van der Waals surface area contributed by atoms with Gasteiger partial charge in [-0.2, -0.15) is 0 Å². The standard InChI is InChI=1S/C12H19NS/c1-4-7-13-9-11-5-6-12(14-3)8-10(11)2/h5-6,8,13H,4,7,9H2,1-3H3. The van der Waals surface area contributed by atoms with Crippen molar-refractivity contribution in [3.05, 3.63) is 29.3 Å². The van der Waals surface area contributed by atoms with Gasteiger partial charge in [-0.3, -0.25) is 0 Å². The summed E-state index contributed by atoms with van der Waals surface area (Å²) in [5, 5.41) is 3.42. The maximum Gasteiger partial charge on any atom is 0.0208 e. The van der Waals surface area contributed by atoms with Crippen LogP contribution in [0.5, 0.6) is 0 Å². The Bertz CT molecular complexity index is 284. The van der Waals surface area contributed by atoms with Crippen molar-refractivity contribution in [2.75, 3.05) is 12.8 Å². The van der Waals surface area contributed by atoms with Gasteiger partial charge in [-0.25, -0.2) is 0 Å². The van der Waals surface area contributed by atoms with E-state index in [2.05, 4.69) is 43.6 Å². The highest BCUT2D eigenvalue weighted by Gasteiger charge is 1.98. The van der Waals surface area contributed by atoms with E-state index >= 15 is 0 Å². The summed E-state index contributed by atoms with van der Waals surface area (Å²) in [7, 11) is 0. The van der Waals surface area contributed by atoms with Crippen LogP contribution in [0.15, 0.2) is 23.1 Å². The molecule has 1 nitrogen and oxygen atoms in total. The molecule has 0 atom stereocenters. The van der Waals surface area contributed by atoms with E-state index in [9.17, 15) is 0 Å². The fourth-order valence-electron chi connectivity index (χ4n) is 1.39. The number of thioether (sulfide) groups is 1. The van der Waals surface area contributed by atoms with Crippen molar-refractivity contribution < 1.29 is 0 Å². The zero-order valence-corrected chi connectivity index (χ0v) is 10.1. The lowest BCUT2D eigenvalue weighted by molar-refractivity contribution is 0.673. The largest absolute Gasteiger partial charge is 0.313 e. The smallest absolute Gasteiger partial charge is 0.0208 e. The van der Waals surface area contributed by atoms with Gasteiger partial charge >= 0.3 is 0 Å². The van der Waals surface area contributed by atoms with Gasteiger partial charge in [0.05, 0.1) is 0 Å². The first-order valence-corrected chi connectivity index (χ1v) is 6.34. The minimum absolute atomic E-state index is 0.994. The Balaban J connectivity index is 2.59. The molecule has 1 rings (SSSR count). The molecule has 0 aromatic heterocycles. The summed E-state index contributed by atoms with van der Waals surface area (Å²) in [6.45, 7) is 6.47. The molecule has 1 aromatic rings. The van der Waals surface area contributed by atoms with E-state index in [0.29, 0.717) is 0 Å². The lowest BCUT2D eigenvalue weighted by atomic mass is 10.1. The molecule has 2 heteroatoms. The molecule has 0 saturated carbocycles. The second-order valence-electron chi connectivity index (χ2n) is 3.47. The minimum atomic E-state index is 0.994. The van der Waals surface area contributed by atoms with Gasteiger partial charge in [0.1, 0.15) is 0 Å². The van der Waals surface area contributed by atoms with Crippen LogP contribution in [-0.4, -0.2) is 12.8 Å². The minimum Gasteiger partial charge on any atom is -0.313 e. The molecule has 0 unspecified atom stereocenters. The number of rotatable bonds is 5. The monoisotopic (exact) mass is 209 g/mol. The molecule has 0 saturated heterocycles. The maximum absolute atomic E-state index is 3.42. The Kier molecular flexibility index (Phi) is 5.05. The molecule has 0 aliphatic carbocycles. The first-order valence-electron chi connectivity index (χ1n) is 5.12. The molecule has 1 N–H and O–H groups in total. The van der Waals surface area contributed by atoms with Crippen molar-refractivity contribution in [3.8, 4) is 0 Å². The lowest BCUT2D eigenvalue weighted by Gasteiger charge is -2.08. The molecular weight excluding hydrogens is 190 g/mol. The van der Waals surface area contributed by atoms with Gasteiger partial charge in [0.2, 0.25) is 0 Å². The second-order valence-corrected chi connectivity index (χ2v) is 4.35. The Hall–Kier alpha value is -0.470. The van der Waals surface area contributed by atoms with Gasteiger partial charge in [0, 0.05) is 11.4 Å². The fourth-order valence-corrected chi connectivity index (χ4v) is 1.89. The SMILES string of the molecule is CCCNCc1ccc(SC)cc1C. The van der Waals surface area contributed by atoms with Crippen LogP contribution in [0.1, 0.15) is 24.5 Å². The summed E-state index contributed by atoms with van der Waals surface area (Å²) in [6.07, 6.45) is 3.31. The van der Waals surface area contributed by atoms with Gasteiger partial charge in [0.15, 0.2) is 0 Å². The van der Waals surface area contributed by atoms with Crippen LogP contribution in [0.2, 0.25) is 0 Å². The van der Waals surface area contributed by atoms with Crippen molar-refractivity contribution in [1.29, 1.82) is 0 Å². The van der Waals surface area contributed by atoms with E-state index < -0.39 is 0 Å². The third kappa shape index (κ3) is 3.35. The Morgan fingerprint density at radius 1 is 1.36 bits per heavy atom. The first-order chi connectivity index (χ1) is 6.77. The molecule has 0 spiro atoms. The summed E-state index contributed by atoms with van der Waals surface area (Å²) >= 11 is 1.80. The first kappa shape index (κ1) is 11.6. The molecular formula is C12H19NS. The molecule has 1 aromatic carbocycles. The predicted molar refractivity (Wildman–Crippen MR) is 65.0 cm³/mol. The van der Waals surface area contributed by atoms with E-state index in [-0.39, 0.29) is 0 Å². The maximum atomic E-state index is 3.42. The number of nitrogens with one attached hydrogen (secondary N) is 1. The molecule has 0 heterocycles. The van der Waals surface area contributed by atoms with Crippen LogP contribution >= 0.6 is 11.8 Å². The average Bonchev–Trinajstić information content (AvgIpc) is 2.20. The van der Waals surface area contributed by atoms with E-state index in [1.54, 1.807) is 11.8 Å². The van der Waals surface area contributed by atoms with Crippen molar-refractivity contribution in [3.63, 3.8) is 0 Å². The van der Waals surface area contributed by atoms with Crippen molar-refractivity contribution in [2.24, 2.45) is 0 Å². The van der Waals surface area contributed by atoms with Crippen molar-refractivity contribution >= 4 is 11.8 Å². The zero-order chi connectivity index (χ0) is 10.4. The molecule has 0 radical (unpaired) electrons. The highest BCUT2D eigenvalue weighted by atomic mass is 32.2. The second kappa shape index (κ2) is 6.10. The van der Waals surface area contributed by atoms with Crippen LogP contribution < -0.4 is 5.32 Å². The molecule has 78 valence electrons. The van der Waals surface area contributed by atoms with Crippen LogP contribution in [0, 0.1) is 6.92 Å². The highest BCUT2D eigenvalue weighted by Crippen LogP contribution is 2.18. The number of hydrogen-bond donors (Lipinski definition) is 1. The van der Waals surface area contributed by atoms with Gasteiger partial charge in [0.25, 0.3) is 0 Å². The Morgan fingerprint density at radius 2 is 2.14 bits per heavy atom. The predicted octanol–water partition coefficient (Wildman–Crippen LogP) is 3.22. The Labute approximate surface area is 91.3 Å². The third-order valence-electron chi connectivity index (χ3n) is 2.29.